The predicted octanol–water partition coefficient (Wildman–Crippen LogP) is 2.19. The average molecular weight is 320 g/mol. The molecular weight excluding hydrogens is 292 g/mol. The number of nitrogens with two attached hydrogens (primary N) is 1. The van der Waals surface area contributed by atoms with Gasteiger partial charge in [0.05, 0.1) is 19.1 Å². The third kappa shape index (κ3) is 4.94. The van der Waals surface area contributed by atoms with Crippen LogP contribution >= 0.6 is 0 Å². The Morgan fingerprint density at radius 2 is 2.26 bits per heavy atom. The van der Waals surface area contributed by atoms with Crippen molar-refractivity contribution in [3.63, 3.8) is 0 Å². The Labute approximate surface area is 138 Å². The molecule has 1 aliphatic rings. The molecule has 3 atom stereocenters. The van der Waals surface area contributed by atoms with E-state index in [2.05, 4.69) is 0 Å². The second kappa shape index (κ2) is 8.31. The van der Waals surface area contributed by atoms with Gasteiger partial charge in [0.2, 0.25) is 5.91 Å². The number of carbonyl (C=O) groups is 1. The molecule has 2 N–H and O–H groups in total. The van der Waals surface area contributed by atoms with Gasteiger partial charge >= 0.3 is 0 Å². The normalized spacial score (nSPS) is 20.1. The van der Waals surface area contributed by atoms with Crippen LogP contribution in [0, 0.1) is 5.92 Å². The Morgan fingerprint density at radius 3 is 2.87 bits per heavy atom. The monoisotopic (exact) mass is 320 g/mol. The number of hydrogen-bond donors (Lipinski definition) is 1. The van der Waals surface area contributed by atoms with Gasteiger partial charge in [-0.15, -0.1) is 0 Å². The van der Waals surface area contributed by atoms with Crippen LogP contribution in [0.1, 0.15) is 32.3 Å². The number of amides is 1. The fourth-order valence-electron chi connectivity index (χ4n) is 2.77. The van der Waals surface area contributed by atoms with Crippen LogP contribution < -0.4 is 10.5 Å². The Balaban J connectivity index is 2.12. The highest BCUT2D eigenvalue weighted by Crippen LogP contribution is 2.19. The first-order chi connectivity index (χ1) is 11.0. The quantitative estimate of drug-likeness (QED) is 0.836. The van der Waals surface area contributed by atoms with E-state index >= 15 is 0 Å². The standard InChI is InChI=1S/C18H28N2O3/c1-13(14(2)19)18(21)20(12-17-8-5-9-23-17)11-15-6-4-7-16(10-15)22-3/h4,6-7,10,13-14,17H,5,8-9,11-12,19H2,1-3H3. The van der Waals surface area contributed by atoms with Crippen LogP contribution in [-0.4, -0.2) is 43.2 Å². The fourth-order valence-corrected chi connectivity index (χ4v) is 2.77. The summed E-state index contributed by atoms with van der Waals surface area (Å²) in [7, 11) is 1.65. The van der Waals surface area contributed by atoms with Gasteiger partial charge in [0.15, 0.2) is 0 Å². The third-order valence-corrected chi connectivity index (χ3v) is 4.45. The van der Waals surface area contributed by atoms with Gasteiger partial charge in [-0.1, -0.05) is 19.1 Å². The summed E-state index contributed by atoms with van der Waals surface area (Å²) >= 11 is 0. The topological polar surface area (TPSA) is 64.8 Å². The first-order valence-electron chi connectivity index (χ1n) is 8.30. The first kappa shape index (κ1) is 17.8. The Morgan fingerprint density at radius 1 is 1.48 bits per heavy atom. The largest absolute Gasteiger partial charge is 0.497 e. The fraction of sp³-hybridized carbons (Fsp3) is 0.611. The van der Waals surface area contributed by atoms with Crippen molar-refractivity contribution in [1.29, 1.82) is 0 Å². The SMILES string of the molecule is COc1cccc(CN(CC2CCCO2)C(=O)C(C)C(C)N)c1. The van der Waals surface area contributed by atoms with Gasteiger partial charge in [-0.3, -0.25) is 4.79 Å². The number of hydrogen-bond acceptors (Lipinski definition) is 4. The Bertz CT molecular complexity index is 513. The first-order valence-corrected chi connectivity index (χ1v) is 8.30. The molecule has 0 bridgehead atoms. The summed E-state index contributed by atoms with van der Waals surface area (Å²) in [4.78, 5) is 14.7. The summed E-state index contributed by atoms with van der Waals surface area (Å²) in [6.07, 6.45) is 2.20. The van der Waals surface area contributed by atoms with E-state index in [4.69, 9.17) is 15.2 Å². The van der Waals surface area contributed by atoms with E-state index in [1.54, 1.807) is 7.11 Å². The molecule has 1 amide bonds. The van der Waals surface area contributed by atoms with E-state index in [9.17, 15) is 4.79 Å². The lowest BCUT2D eigenvalue weighted by molar-refractivity contribution is -0.137. The van der Waals surface area contributed by atoms with E-state index in [1.165, 1.54) is 0 Å². The molecule has 0 spiro atoms. The molecule has 3 unspecified atom stereocenters. The van der Waals surface area contributed by atoms with Gasteiger partial charge in [-0.25, -0.2) is 0 Å². The molecule has 0 aliphatic carbocycles. The molecule has 5 heteroatoms. The molecule has 1 fully saturated rings. The van der Waals surface area contributed by atoms with Crippen LogP contribution in [-0.2, 0) is 16.1 Å². The van der Waals surface area contributed by atoms with E-state index in [1.807, 2.05) is 43.0 Å². The number of methoxy groups -OCH3 is 1. The lowest BCUT2D eigenvalue weighted by Crippen LogP contribution is -2.44. The number of carbonyl (C=O) groups excluding carboxylic acids is 1. The molecule has 23 heavy (non-hydrogen) atoms. The highest BCUT2D eigenvalue weighted by atomic mass is 16.5. The summed E-state index contributed by atoms with van der Waals surface area (Å²) < 4.78 is 11.0. The van der Waals surface area contributed by atoms with Crippen LogP contribution in [0.25, 0.3) is 0 Å². The molecule has 1 aromatic rings. The van der Waals surface area contributed by atoms with Crippen LogP contribution in [0.4, 0.5) is 0 Å². The minimum atomic E-state index is -0.206. The molecule has 0 saturated carbocycles. The molecule has 1 aromatic carbocycles. The van der Waals surface area contributed by atoms with Crippen LogP contribution in [0.2, 0.25) is 0 Å². The van der Waals surface area contributed by atoms with Crippen LogP contribution in [0.15, 0.2) is 24.3 Å². The maximum Gasteiger partial charge on any atom is 0.227 e. The van der Waals surface area contributed by atoms with Crippen molar-refractivity contribution < 1.29 is 14.3 Å². The van der Waals surface area contributed by atoms with E-state index in [0.29, 0.717) is 13.1 Å². The Hall–Kier alpha value is -1.59. The molecule has 5 nitrogen and oxygen atoms in total. The molecule has 0 aromatic heterocycles. The van der Waals surface area contributed by atoms with Gasteiger partial charge in [0, 0.05) is 25.7 Å². The maximum atomic E-state index is 12.8. The van der Waals surface area contributed by atoms with Crippen molar-refractivity contribution in [1.82, 2.24) is 4.90 Å². The highest BCUT2D eigenvalue weighted by Gasteiger charge is 2.27. The van der Waals surface area contributed by atoms with Crippen molar-refractivity contribution >= 4 is 5.91 Å². The molecule has 128 valence electrons. The molecule has 1 heterocycles. The Kier molecular flexibility index (Phi) is 6.42. The lowest BCUT2D eigenvalue weighted by Gasteiger charge is -2.29. The van der Waals surface area contributed by atoms with Gasteiger partial charge in [-0.05, 0) is 37.5 Å². The average Bonchev–Trinajstić information content (AvgIpc) is 3.06. The van der Waals surface area contributed by atoms with Gasteiger partial charge in [0.25, 0.3) is 0 Å². The van der Waals surface area contributed by atoms with Gasteiger partial charge < -0.3 is 20.1 Å². The summed E-state index contributed by atoms with van der Waals surface area (Å²) in [6.45, 7) is 5.72. The van der Waals surface area contributed by atoms with Crippen LogP contribution in [0.3, 0.4) is 0 Å². The molecule has 2 rings (SSSR count). The maximum absolute atomic E-state index is 12.8. The molecule has 1 saturated heterocycles. The summed E-state index contributed by atoms with van der Waals surface area (Å²) in [5.41, 5.74) is 6.97. The van der Waals surface area contributed by atoms with Gasteiger partial charge in [-0.2, -0.15) is 0 Å². The van der Waals surface area contributed by atoms with Crippen LogP contribution in [0.5, 0.6) is 5.75 Å². The summed E-state index contributed by atoms with van der Waals surface area (Å²) in [5.74, 6) is 0.674. The second-order valence-electron chi connectivity index (χ2n) is 6.35. The smallest absolute Gasteiger partial charge is 0.227 e. The number of rotatable bonds is 7. The number of ether oxygens (including phenoxy) is 2. The minimum absolute atomic E-state index is 0.0818. The predicted molar refractivity (Wildman–Crippen MR) is 90.2 cm³/mol. The van der Waals surface area contributed by atoms with Crippen molar-refractivity contribution in [3.05, 3.63) is 29.8 Å². The van der Waals surface area contributed by atoms with Crippen molar-refractivity contribution in [3.8, 4) is 5.75 Å². The van der Waals surface area contributed by atoms with Crippen molar-refractivity contribution in [2.75, 3.05) is 20.3 Å². The van der Waals surface area contributed by atoms with Gasteiger partial charge in [0.1, 0.15) is 5.75 Å². The summed E-state index contributed by atoms with van der Waals surface area (Å²) in [6, 6.07) is 7.65. The van der Waals surface area contributed by atoms with Crippen molar-refractivity contribution in [2.45, 2.75) is 45.4 Å². The second-order valence-corrected chi connectivity index (χ2v) is 6.35. The highest BCUT2D eigenvalue weighted by molar-refractivity contribution is 5.79. The number of benzene rings is 1. The molecule has 0 radical (unpaired) electrons. The zero-order chi connectivity index (χ0) is 16.8. The lowest BCUT2D eigenvalue weighted by atomic mass is 10.0. The molecule has 1 aliphatic heterocycles. The van der Waals surface area contributed by atoms with E-state index in [-0.39, 0.29) is 24.0 Å². The minimum Gasteiger partial charge on any atom is -0.497 e. The van der Waals surface area contributed by atoms with E-state index < -0.39 is 0 Å². The van der Waals surface area contributed by atoms with Crippen molar-refractivity contribution in [2.24, 2.45) is 11.7 Å². The number of nitrogens with zero attached hydrogens (tertiary/aromatic N) is 1. The van der Waals surface area contributed by atoms with E-state index in [0.717, 1.165) is 30.8 Å². The zero-order valence-corrected chi connectivity index (χ0v) is 14.3. The zero-order valence-electron chi connectivity index (χ0n) is 14.3. The third-order valence-electron chi connectivity index (χ3n) is 4.45. The summed E-state index contributed by atoms with van der Waals surface area (Å²) in [5, 5.41) is 0. The molecular formula is C18H28N2O3.